The average Bonchev–Trinajstić information content (AvgIpc) is 2.72. The Morgan fingerprint density at radius 2 is 2.00 bits per heavy atom. The van der Waals surface area contributed by atoms with Gasteiger partial charge in [0.25, 0.3) is 0 Å². The molecule has 4 rings (SSSR count). The van der Waals surface area contributed by atoms with Gasteiger partial charge in [0.05, 0.1) is 4.47 Å². The Balaban J connectivity index is 1.54. The second kappa shape index (κ2) is 3.58. The molecule has 3 nitrogen and oxygen atoms in total. The molecule has 3 aliphatic carbocycles. The van der Waals surface area contributed by atoms with E-state index in [1.165, 1.54) is 19.3 Å². The highest BCUT2D eigenvalue weighted by Gasteiger charge is 2.65. The molecular formula is C12H13BrClN3. The molecule has 1 aromatic rings. The van der Waals surface area contributed by atoms with Gasteiger partial charge >= 0.3 is 0 Å². The fraction of sp³-hybridized carbons (Fsp3) is 0.667. The fourth-order valence-corrected chi connectivity index (χ4v) is 4.56. The smallest absolute Gasteiger partial charge is 0.224 e. The molecular weight excluding hydrogens is 302 g/mol. The van der Waals surface area contributed by atoms with Gasteiger partial charge in [-0.05, 0) is 70.5 Å². The Morgan fingerprint density at radius 1 is 1.29 bits per heavy atom. The van der Waals surface area contributed by atoms with Gasteiger partial charge in [-0.25, -0.2) is 4.98 Å². The highest BCUT2D eigenvalue weighted by Crippen LogP contribution is 2.66. The van der Waals surface area contributed by atoms with E-state index in [4.69, 9.17) is 11.6 Å². The number of hydrogen-bond acceptors (Lipinski definition) is 3. The monoisotopic (exact) mass is 313 g/mol. The van der Waals surface area contributed by atoms with Crippen LogP contribution in [0.5, 0.6) is 0 Å². The molecule has 3 saturated carbocycles. The second-order valence-electron chi connectivity index (χ2n) is 5.49. The van der Waals surface area contributed by atoms with Gasteiger partial charge in [-0.1, -0.05) is 0 Å². The zero-order valence-electron chi connectivity index (χ0n) is 9.24. The molecule has 1 heterocycles. The van der Waals surface area contributed by atoms with E-state index in [2.05, 4.69) is 31.2 Å². The van der Waals surface area contributed by atoms with Crippen molar-refractivity contribution in [2.75, 3.05) is 5.32 Å². The molecule has 0 aliphatic heterocycles. The Bertz CT molecular complexity index is 465. The zero-order chi connectivity index (χ0) is 11.6. The van der Waals surface area contributed by atoms with Crippen LogP contribution in [0, 0.1) is 23.7 Å². The van der Waals surface area contributed by atoms with Crippen LogP contribution >= 0.6 is 27.5 Å². The number of aromatic nitrogens is 2. The van der Waals surface area contributed by atoms with Gasteiger partial charge < -0.3 is 5.32 Å². The maximum atomic E-state index is 5.83. The molecule has 5 heteroatoms. The van der Waals surface area contributed by atoms with Gasteiger partial charge in [-0.15, -0.1) is 0 Å². The number of nitrogens with zero attached hydrogens (tertiary/aromatic N) is 2. The molecule has 1 aromatic heterocycles. The van der Waals surface area contributed by atoms with E-state index in [0.29, 0.717) is 11.3 Å². The third-order valence-electron chi connectivity index (χ3n) is 4.75. The second-order valence-corrected chi connectivity index (χ2v) is 6.69. The SMILES string of the molecule is Clc1ncc(Br)c(NC2C3C4CCC(C4)C23)n1. The predicted octanol–water partition coefficient (Wildman–Crippen LogP) is 3.35. The minimum atomic E-state index is 0.310. The van der Waals surface area contributed by atoms with Gasteiger partial charge in [-0.2, -0.15) is 4.98 Å². The van der Waals surface area contributed by atoms with Crippen molar-refractivity contribution in [3.05, 3.63) is 16.0 Å². The van der Waals surface area contributed by atoms with Crippen molar-refractivity contribution in [1.29, 1.82) is 0 Å². The summed E-state index contributed by atoms with van der Waals surface area (Å²) in [4.78, 5) is 8.20. The summed E-state index contributed by atoms with van der Waals surface area (Å²) in [5.74, 6) is 4.59. The molecule has 2 bridgehead atoms. The van der Waals surface area contributed by atoms with Gasteiger partial charge in [-0.3, -0.25) is 0 Å². The molecule has 0 spiro atoms. The van der Waals surface area contributed by atoms with Crippen molar-refractivity contribution in [2.45, 2.75) is 25.3 Å². The third-order valence-corrected chi connectivity index (χ3v) is 5.52. The van der Waals surface area contributed by atoms with E-state index in [9.17, 15) is 0 Å². The predicted molar refractivity (Wildman–Crippen MR) is 70.0 cm³/mol. The number of rotatable bonds is 2. The molecule has 0 radical (unpaired) electrons. The topological polar surface area (TPSA) is 37.8 Å². The molecule has 1 N–H and O–H groups in total. The van der Waals surface area contributed by atoms with Crippen molar-refractivity contribution in [3.63, 3.8) is 0 Å². The van der Waals surface area contributed by atoms with Crippen molar-refractivity contribution >= 4 is 33.3 Å². The summed E-state index contributed by atoms with van der Waals surface area (Å²) in [6.45, 7) is 0. The Kier molecular flexibility index (Phi) is 2.22. The maximum Gasteiger partial charge on any atom is 0.224 e. The molecule has 3 aliphatic rings. The molecule has 4 atom stereocenters. The molecule has 4 unspecified atom stereocenters. The number of hydrogen-bond donors (Lipinski definition) is 1. The highest BCUT2D eigenvalue weighted by molar-refractivity contribution is 9.10. The lowest BCUT2D eigenvalue weighted by atomic mass is 10.0. The third kappa shape index (κ3) is 1.53. The molecule has 0 saturated heterocycles. The van der Waals surface area contributed by atoms with Crippen LogP contribution in [-0.2, 0) is 0 Å². The summed E-state index contributed by atoms with van der Waals surface area (Å²) in [5.41, 5.74) is 0. The maximum absolute atomic E-state index is 5.83. The van der Waals surface area contributed by atoms with Gasteiger partial charge in [0.1, 0.15) is 5.82 Å². The summed E-state index contributed by atoms with van der Waals surface area (Å²) >= 11 is 9.29. The van der Waals surface area contributed by atoms with Crippen LogP contribution in [0.2, 0.25) is 5.28 Å². The zero-order valence-corrected chi connectivity index (χ0v) is 11.6. The standard InChI is InChI=1S/C12H13BrClN3/c13-7-4-15-12(14)17-11(7)16-10-8-5-1-2-6(3-5)9(8)10/h4-6,8-10H,1-3H2,(H,15,16,17). The molecule has 0 aromatic carbocycles. The largest absolute Gasteiger partial charge is 0.366 e. The number of fused-ring (bicyclic) bond motifs is 5. The summed E-state index contributed by atoms with van der Waals surface area (Å²) < 4.78 is 0.902. The van der Waals surface area contributed by atoms with Crippen LogP contribution in [0.25, 0.3) is 0 Å². The molecule has 17 heavy (non-hydrogen) atoms. The first-order chi connectivity index (χ1) is 8.24. The van der Waals surface area contributed by atoms with Gasteiger partial charge in [0, 0.05) is 12.2 Å². The first-order valence-electron chi connectivity index (χ1n) is 6.18. The summed E-state index contributed by atoms with van der Waals surface area (Å²) in [6, 6.07) is 0.628. The normalized spacial score (nSPS) is 41.4. The number of anilines is 1. The van der Waals surface area contributed by atoms with E-state index < -0.39 is 0 Å². The first-order valence-corrected chi connectivity index (χ1v) is 7.35. The van der Waals surface area contributed by atoms with Crippen LogP contribution in [-0.4, -0.2) is 16.0 Å². The average molecular weight is 315 g/mol. The van der Waals surface area contributed by atoms with Gasteiger partial charge in [0.15, 0.2) is 0 Å². The summed E-state index contributed by atoms with van der Waals surface area (Å²) in [7, 11) is 0. The lowest BCUT2D eigenvalue weighted by molar-refractivity contribution is 0.456. The van der Waals surface area contributed by atoms with Crippen molar-refractivity contribution in [3.8, 4) is 0 Å². The lowest BCUT2D eigenvalue weighted by Crippen LogP contribution is -2.14. The van der Waals surface area contributed by atoms with Gasteiger partial charge in [0.2, 0.25) is 5.28 Å². The van der Waals surface area contributed by atoms with Crippen LogP contribution in [0.3, 0.4) is 0 Å². The van der Waals surface area contributed by atoms with Crippen molar-refractivity contribution in [1.82, 2.24) is 9.97 Å². The van der Waals surface area contributed by atoms with E-state index in [-0.39, 0.29) is 0 Å². The van der Waals surface area contributed by atoms with Crippen LogP contribution in [0.1, 0.15) is 19.3 Å². The number of nitrogens with one attached hydrogen (secondary N) is 1. The van der Waals surface area contributed by atoms with Crippen LogP contribution in [0.4, 0.5) is 5.82 Å². The Morgan fingerprint density at radius 3 is 2.71 bits per heavy atom. The van der Waals surface area contributed by atoms with E-state index in [1.54, 1.807) is 6.20 Å². The highest BCUT2D eigenvalue weighted by atomic mass is 79.9. The summed E-state index contributed by atoms with van der Waals surface area (Å²) in [6.07, 6.45) is 6.06. The summed E-state index contributed by atoms with van der Waals surface area (Å²) in [5, 5.41) is 3.86. The van der Waals surface area contributed by atoms with Crippen molar-refractivity contribution in [2.24, 2.45) is 23.7 Å². The fourth-order valence-electron chi connectivity index (χ4n) is 4.12. The van der Waals surface area contributed by atoms with E-state index in [1.807, 2.05) is 0 Å². The van der Waals surface area contributed by atoms with E-state index in [0.717, 1.165) is 34.0 Å². The first kappa shape index (κ1) is 10.6. The molecule has 0 amide bonds. The minimum Gasteiger partial charge on any atom is -0.366 e. The van der Waals surface area contributed by atoms with Crippen LogP contribution < -0.4 is 5.32 Å². The Labute approximate surface area is 113 Å². The Hall–Kier alpha value is -0.350. The van der Waals surface area contributed by atoms with Crippen molar-refractivity contribution < 1.29 is 0 Å². The minimum absolute atomic E-state index is 0.310. The lowest BCUT2D eigenvalue weighted by Gasteiger charge is -2.12. The van der Waals surface area contributed by atoms with Crippen LogP contribution in [0.15, 0.2) is 10.7 Å². The van der Waals surface area contributed by atoms with E-state index >= 15 is 0 Å². The molecule has 3 fully saturated rings. The number of halogens is 2. The molecule has 90 valence electrons. The quantitative estimate of drug-likeness (QED) is 0.851.